The van der Waals surface area contributed by atoms with E-state index in [0.717, 1.165) is 43.2 Å². The number of carbonyl (C=O) groups excluding carboxylic acids is 2. The lowest BCUT2D eigenvalue weighted by molar-refractivity contribution is -0.127. The summed E-state index contributed by atoms with van der Waals surface area (Å²) in [5, 5.41) is 0. The SMILES string of the molecule is C=CC(=O)N1CCC[C@@H](c2c(F)cc(C(N)=O)c3c2C2=C(CCC2)C3)C1. The lowest BCUT2D eigenvalue weighted by atomic mass is 9.82. The van der Waals surface area contributed by atoms with Gasteiger partial charge < -0.3 is 10.6 Å². The van der Waals surface area contributed by atoms with E-state index in [0.29, 0.717) is 30.6 Å². The van der Waals surface area contributed by atoms with E-state index < -0.39 is 5.91 Å². The minimum atomic E-state index is -0.569. The van der Waals surface area contributed by atoms with Crippen molar-refractivity contribution in [2.45, 2.75) is 44.4 Å². The zero-order valence-corrected chi connectivity index (χ0v) is 14.8. The molecule has 1 heterocycles. The zero-order chi connectivity index (χ0) is 18.4. The summed E-state index contributed by atoms with van der Waals surface area (Å²) in [4.78, 5) is 25.6. The Kier molecular flexibility index (Phi) is 4.17. The number of likely N-dealkylation sites (tertiary alicyclic amines) is 1. The van der Waals surface area contributed by atoms with E-state index in [1.54, 1.807) is 4.90 Å². The minimum absolute atomic E-state index is 0.0595. The molecule has 4 rings (SSSR count). The number of piperidine rings is 1. The summed E-state index contributed by atoms with van der Waals surface area (Å²) in [6, 6.07) is 1.31. The summed E-state index contributed by atoms with van der Waals surface area (Å²) >= 11 is 0. The first kappa shape index (κ1) is 17.0. The molecule has 2 aliphatic carbocycles. The molecule has 0 bridgehead atoms. The molecule has 0 spiro atoms. The fraction of sp³-hybridized carbons (Fsp3) is 0.429. The molecule has 0 saturated carbocycles. The van der Waals surface area contributed by atoms with Crippen LogP contribution in [0, 0.1) is 5.82 Å². The standard InChI is InChI=1S/C21H23FN2O2/c1-2-18(25)24-8-4-6-13(11-24)19-17(22)10-16(21(23)26)15-9-12-5-3-7-14(12)20(15)19/h2,10,13H,1,3-9,11H2,(H2,23,26)/t13-/m1/s1. The fourth-order valence-electron chi connectivity index (χ4n) is 4.91. The van der Waals surface area contributed by atoms with Crippen LogP contribution in [0.2, 0.25) is 0 Å². The summed E-state index contributed by atoms with van der Waals surface area (Å²) in [5.74, 6) is -1.10. The lowest BCUT2D eigenvalue weighted by Crippen LogP contribution is -2.38. The third kappa shape index (κ3) is 2.57. The monoisotopic (exact) mass is 354 g/mol. The van der Waals surface area contributed by atoms with Gasteiger partial charge in [-0.3, -0.25) is 9.59 Å². The number of amides is 2. The normalized spacial score (nSPS) is 21.6. The highest BCUT2D eigenvalue weighted by atomic mass is 19.1. The molecule has 4 nitrogen and oxygen atoms in total. The van der Waals surface area contributed by atoms with Gasteiger partial charge >= 0.3 is 0 Å². The highest BCUT2D eigenvalue weighted by molar-refractivity contribution is 5.98. The summed E-state index contributed by atoms with van der Waals surface area (Å²) in [6.45, 7) is 4.73. The van der Waals surface area contributed by atoms with E-state index in [4.69, 9.17) is 5.73 Å². The van der Waals surface area contributed by atoms with Crippen LogP contribution in [0.5, 0.6) is 0 Å². The topological polar surface area (TPSA) is 63.4 Å². The summed E-state index contributed by atoms with van der Waals surface area (Å²) in [6.07, 6.45) is 6.71. The molecule has 136 valence electrons. The maximum atomic E-state index is 15.2. The average Bonchev–Trinajstić information content (AvgIpc) is 3.22. The second-order valence-electron chi connectivity index (χ2n) is 7.48. The summed E-state index contributed by atoms with van der Waals surface area (Å²) in [5.41, 5.74) is 10.9. The Morgan fingerprint density at radius 2 is 2.12 bits per heavy atom. The Morgan fingerprint density at radius 1 is 1.31 bits per heavy atom. The van der Waals surface area contributed by atoms with Crippen molar-refractivity contribution in [3.05, 3.63) is 52.4 Å². The van der Waals surface area contributed by atoms with Gasteiger partial charge in [0, 0.05) is 30.1 Å². The molecular formula is C21H23FN2O2. The molecule has 0 aromatic heterocycles. The molecule has 0 unspecified atom stereocenters. The smallest absolute Gasteiger partial charge is 0.249 e. The van der Waals surface area contributed by atoms with Crippen molar-refractivity contribution in [1.29, 1.82) is 0 Å². The molecule has 1 saturated heterocycles. The van der Waals surface area contributed by atoms with Crippen LogP contribution < -0.4 is 5.73 Å². The number of primary amides is 1. The number of nitrogens with zero attached hydrogens (tertiary/aromatic N) is 1. The van der Waals surface area contributed by atoms with Crippen LogP contribution in [0.3, 0.4) is 0 Å². The molecule has 1 aromatic carbocycles. The lowest BCUT2D eigenvalue weighted by Gasteiger charge is -2.34. The van der Waals surface area contributed by atoms with E-state index in [1.807, 2.05) is 0 Å². The van der Waals surface area contributed by atoms with Gasteiger partial charge in [0.05, 0.1) is 0 Å². The van der Waals surface area contributed by atoms with E-state index >= 15 is 4.39 Å². The Bertz CT molecular complexity index is 856. The maximum Gasteiger partial charge on any atom is 0.249 e. The molecule has 1 aromatic rings. The highest BCUT2D eigenvalue weighted by Crippen LogP contribution is 2.48. The van der Waals surface area contributed by atoms with E-state index in [2.05, 4.69) is 6.58 Å². The molecule has 2 amide bonds. The number of hydrogen-bond donors (Lipinski definition) is 1. The van der Waals surface area contributed by atoms with E-state index in [-0.39, 0.29) is 17.6 Å². The Morgan fingerprint density at radius 3 is 2.85 bits per heavy atom. The summed E-state index contributed by atoms with van der Waals surface area (Å²) < 4.78 is 15.2. The van der Waals surface area contributed by atoms with Crippen molar-refractivity contribution < 1.29 is 14.0 Å². The number of nitrogens with two attached hydrogens (primary N) is 1. The van der Waals surface area contributed by atoms with E-state index in [9.17, 15) is 9.59 Å². The second-order valence-corrected chi connectivity index (χ2v) is 7.48. The largest absolute Gasteiger partial charge is 0.366 e. The Hall–Kier alpha value is -2.43. The maximum absolute atomic E-state index is 15.2. The third-order valence-electron chi connectivity index (χ3n) is 6.03. The van der Waals surface area contributed by atoms with Gasteiger partial charge in [0.2, 0.25) is 11.8 Å². The third-order valence-corrected chi connectivity index (χ3v) is 6.03. The van der Waals surface area contributed by atoms with Crippen LogP contribution in [0.15, 0.2) is 24.3 Å². The number of rotatable bonds is 3. The number of allylic oxidation sites excluding steroid dienone is 2. The van der Waals surface area contributed by atoms with Gasteiger partial charge in [0.1, 0.15) is 5.82 Å². The van der Waals surface area contributed by atoms with Gasteiger partial charge in [-0.2, -0.15) is 0 Å². The predicted octanol–water partition coefficient (Wildman–Crippen LogP) is 3.31. The average molecular weight is 354 g/mol. The van der Waals surface area contributed by atoms with Crippen molar-refractivity contribution in [3.63, 3.8) is 0 Å². The molecule has 3 aliphatic rings. The highest BCUT2D eigenvalue weighted by Gasteiger charge is 2.36. The van der Waals surface area contributed by atoms with Gasteiger partial charge in [-0.1, -0.05) is 12.2 Å². The van der Waals surface area contributed by atoms with Crippen LogP contribution in [0.1, 0.15) is 65.1 Å². The first-order valence-corrected chi connectivity index (χ1v) is 9.29. The van der Waals surface area contributed by atoms with Crippen molar-refractivity contribution in [3.8, 4) is 0 Å². The minimum Gasteiger partial charge on any atom is -0.366 e. The second kappa shape index (κ2) is 6.38. The van der Waals surface area contributed by atoms with Gasteiger partial charge in [-0.15, -0.1) is 0 Å². The Balaban J connectivity index is 1.82. The van der Waals surface area contributed by atoms with Gasteiger partial charge in [0.15, 0.2) is 0 Å². The molecule has 1 fully saturated rings. The van der Waals surface area contributed by atoms with E-state index in [1.165, 1.54) is 23.3 Å². The number of carbonyl (C=O) groups is 2. The zero-order valence-electron chi connectivity index (χ0n) is 14.8. The van der Waals surface area contributed by atoms with Crippen LogP contribution in [0.4, 0.5) is 4.39 Å². The molecule has 1 atom stereocenters. The Labute approximate surface area is 152 Å². The number of hydrogen-bond acceptors (Lipinski definition) is 2. The van der Waals surface area contributed by atoms with Gasteiger partial charge in [0.25, 0.3) is 0 Å². The number of benzene rings is 1. The molecule has 2 N–H and O–H groups in total. The summed E-state index contributed by atoms with van der Waals surface area (Å²) in [7, 11) is 0. The molecule has 5 heteroatoms. The van der Waals surface area contributed by atoms with Crippen LogP contribution in [-0.2, 0) is 11.2 Å². The fourth-order valence-corrected chi connectivity index (χ4v) is 4.91. The molecular weight excluding hydrogens is 331 g/mol. The molecule has 0 radical (unpaired) electrons. The number of halogens is 1. The molecule has 26 heavy (non-hydrogen) atoms. The number of fused-ring (bicyclic) bond motifs is 2. The first-order chi connectivity index (χ1) is 12.5. The van der Waals surface area contributed by atoms with Crippen molar-refractivity contribution in [2.24, 2.45) is 5.73 Å². The van der Waals surface area contributed by atoms with Crippen LogP contribution in [-0.4, -0.2) is 29.8 Å². The predicted molar refractivity (Wildman–Crippen MR) is 98.1 cm³/mol. The van der Waals surface area contributed by atoms with Gasteiger partial charge in [-0.05, 0) is 67.4 Å². The van der Waals surface area contributed by atoms with Crippen LogP contribution >= 0.6 is 0 Å². The van der Waals surface area contributed by atoms with Gasteiger partial charge in [-0.25, -0.2) is 4.39 Å². The van der Waals surface area contributed by atoms with Crippen molar-refractivity contribution in [2.75, 3.05) is 13.1 Å². The quantitative estimate of drug-likeness (QED) is 0.847. The first-order valence-electron chi connectivity index (χ1n) is 9.29. The van der Waals surface area contributed by atoms with Crippen molar-refractivity contribution >= 4 is 17.4 Å². The molecule has 1 aliphatic heterocycles. The van der Waals surface area contributed by atoms with Crippen LogP contribution in [0.25, 0.3) is 5.57 Å². The van der Waals surface area contributed by atoms with Crippen molar-refractivity contribution in [1.82, 2.24) is 4.90 Å².